The van der Waals surface area contributed by atoms with E-state index in [4.69, 9.17) is 22.4 Å². The lowest BCUT2D eigenvalue weighted by Gasteiger charge is -2.11. The van der Waals surface area contributed by atoms with Crippen molar-refractivity contribution in [2.45, 2.75) is 12.5 Å². The van der Waals surface area contributed by atoms with E-state index in [0.29, 0.717) is 5.69 Å². The van der Waals surface area contributed by atoms with Gasteiger partial charge in [-0.25, -0.2) is 0 Å². The Kier molecular flexibility index (Phi) is 5.48. The third-order valence-corrected chi connectivity index (χ3v) is 2.77. The normalized spacial score (nSPS) is 11.6. The second kappa shape index (κ2) is 6.88. The summed E-state index contributed by atoms with van der Waals surface area (Å²) in [7, 11) is 1.45. The third kappa shape index (κ3) is 4.22. The van der Waals surface area contributed by atoms with Gasteiger partial charge in [-0.3, -0.25) is 14.4 Å². The highest BCUT2D eigenvalue weighted by atomic mass is 35.5. The van der Waals surface area contributed by atoms with Crippen LogP contribution in [0.1, 0.15) is 16.8 Å². The van der Waals surface area contributed by atoms with Gasteiger partial charge in [0.1, 0.15) is 0 Å². The molecule has 0 saturated heterocycles. The van der Waals surface area contributed by atoms with Gasteiger partial charge in [0, 0.05) is 12.7 Å². The average molecular weight is 300 g/mol. The van der Waals surface area contributed by atoms with Crippen LogP contribution in [0.5, 0.6) is 0 Å². The molecule has 0 aliphatic rings. The Labute approximate surface area is 120 Å². The van der Waals surface area contributed by atoms with Crippen LogP contribution < -0.4 is 16.4 Å². The van der Waals surface area contributed by atoms with Crippen LogP contribution in [0.2, 0.25) is 5.02 Å². The minimum atomic E-state index is -1.17. The lowest BCUT2D eigenvalue weighted by molar-refractivity contribution is -0.138. The highest BCUT2D eigenvalue weighted by Crippen LogP contribution is 2.20. The molecule has 0 aliphatic carbocycles. The smallest absolute Gasteiger partial charge is 0.305 e. The molecule has 8 heteroatoms. The number of nitrogens with two attached hydrogens (primary N) is 1. The van der Waals surface area contributed by atoms with Gasteiger partial charge in [0.15, 0.2) is 0 Å². The molecule has 1 aromatic carbocycles. The lowest BCUT2D eigenvalue weighted by Crippen LogP contribution is -2.37. The zero-order valence-electron chi connectivity index (χ0n) is 10.6. The van der Waals surface area contributed by atoms with Crippen molar-refractivity contribution in [1.82, 2.24) is 5.32 Å². The zero-order chi connectivity index (χ0) is 15.3. The van der Waals surface area contributed by atoms with Crippen LogP contribution in [0.15, 0.2) is 18.2 Å². The maximum absolute atomic E-state index is 11.7. The van der Waals surface area contributed by atoms with Crippen molar-refractivity contribution in [3.05, 3.63) is 28.8 Å². The molecule has 0 heterocycles. The Bertz CT molecular complexity index is 548. The summed E-state index contributed by atoms with van der Waals surface area (Å²) in [5.74, 6) is -2.23. The quantitative estimate of drug-likeness (QED) is 0.628. The largest absolute Gasteiger partial charge is 0.481 e. The summed E-state index contributed by atoms with van der Waals surface area (Å²) < 4.78 is 0. The molecule has 108 valence electrons. The number of amides is 2. The van der Waals surface area contributed by atoms with Crippen molar-refractivity contribution < 1.29 is 19.5 Å². The lowest BCUT2D eigenvalue weighted by atomic mass is 10.1. The fourth-order valence-electron chi connectivity index (χ4n) is 1.43. The molecule has 0 bridgehead atoms. The number of anilines is 1. The Balaban J connectivity index is 2.85. The van der Waals surface area contributed by atoms with E-state index in [1.165, 1.54) is 25.2 Å². The van der Waals surface area contributed by atoms with Crippen LogP contribution in [0, 0.1) is 0 Å². The number of benzene rings is 1. The standard InChI is InChI=1S/C12H14ClN3O4/c1-15-11(19)7-4-6(2-3-8(7)13)16-12(20)9(14)5-10(17)18/h2-4,9H,5,14H2,1H3,(H,15,19)(H,16,20)(H,17,18). The minimum absolute atomic E-state index is 0.193. The van der Waals surface area contributed by atoms with Crippen LogP contribution in [0.3, 0.4) is 0 Å². The van der Waals surface area contributed by atoms with Crippen molar-refractivity contribution in [2.24, 2.45) is 5.73 Å². The van der Waals surface area contributed by atoms with Crippen LogP contribution in [-0.4, -0.2) is 36.0 Å². The van der Waals surface area contributed by atoms with E-state index in [-0.39, 0.29) is 10.6 Å². The first-order chi connectivity index (χ1) is 9.35. The van der Waals surface area contributed by atoms with Gasteiger partial charge in [-0.05, 0) is 18.2 Å². The summed E-state index contributed by atoms with van der Waals surface area (Å²) in [5, 5.41) is 13.6. The fourth-order valence-corrected chi connectivity index (χ4v) is 1.63. The first-order valence-electron chi connectivity index (χ1n) is 5.65. The number of carboxylic acids is 1. The number of carbonyl (C=O) groups excluding carboxylic acids is 2. The molecule has 20 heavy (non-hydrogen) atoms. The van der Waals surface area contributed by atoms with E-state index in [1.807, 2.05) is 0 Å². The van der Waals surface area contributed by atoms with Crippen LogP contribution in [0.4, 0.5) is 5.69 Å². The molecule has 0 aromatic heterocycles. The average Bonchev–Trinajstić information content (AvgIpc) is 2.39. The number of aliphatic carboxylic acids is 1. The third-order valence-electron chi connectivity index (χ3n) is 2.44. The van der Waals surface area contributed by atoms with Gasteiger partial charge in [-0.15, -0.1) is 0 Å². The number of hydrogen-bond donors (Lipinski definition) is 4. The Morgan fingerprint density at radius 1 is 1.40 bits per heavy atom. The molecule has 0 spiro atoms. The number of carbonyl (C=O) groups is 3. The van der Waals surface area contributed by atoms with Crippen molar-refractivity contribution in [3.63, 3.8) is 0 Å². The Morgan fingerprint density at radius 2 is 2.05 bits per heavy atom. The van der Waals surface area contributed by atoms with Crippen molar-refractivity contribution in [2.75, 3.05) is 12.4 Å². The maximum Gasteiger partial charge on any atom is 0.305 e. The predicted molar refractivity (Wildman–Crippen MR) is 73.7 cm³/mol. The molecular formula is C12H14ClN3O4. The molecule has 2 amide bonds. The first-order valence-corrected chi connectivity index (χ1v) is 6.02. The molecular weight excluding hydrogens is 286 g/mol. The summed E-state index contributed by atoms with van der Waals surface area (Å²) >= 11 is 5.86. The summed E-state index contributed by atoms with van der Waals surface area (Å²) in [6, 6.07) is 3.14. The Morgan fingerprint density at radius 3 is 2.60 bits per heavy atom. The van der Waals surface area contributed by atoms with E-state index in [0.717, 1.165) is 0 Å². The molecule has 1 aromatic rings. The fraction of sp³-hybridized carbons (Fsp3) is 0.250. The minimum Gasteiger partial charge on any atom is -0.481 e. The molecule has 7 nitrogen and oxygen atoms in total. The van der Waals surface area contributed by atoms with Gasteiger partial charge >= 0.3 is 5.97 Å². The second-order valence-electron chi connectivity index (χ2n) is 3.97. The number of nitrogens with one attached hydrogen (secondary N) is 2. The van der Waals surface area contributed by atoms with Gasteiger partial charge in [0.2, 0.25) is 5.91 Å². The van der Waals surface area contributed by atoms with Gasteiger partial charge in [-0.1, -0.05) is 11.6 Å². The van der Waals surface area contributed by atoms with Gasteiger partial charge in [0.05, 0.1) is 23.0 Å². The van der Waals surface area contributed by atoms with E-state index >= 15 is 0 Å². The van der Waals surface area contributed by atoms with Crippen molar-refractivity contribution in [1.29, 1.82) is 0 Å². The number of rotatable bonds is 5. The monoisotopic (exact) mass is 299 g/mol. The molecule has 1 rings (SSSR count). The summed E-state index contributed by atoms with van der Waals surface area (Å²) in [5.41, 5.74) is 5.92. The number of hydrogen-bond acceptors (Lipinski definition) is 4. The van der Waals surface area contributed by atoms with Crippen LogP contribution in [-0.2, 0) is 9.59 Å². The van der Waals surface area contributed by atoms with Crippen molar-refractivity contribution in [3.8, 4) is 0 Å². The Hall–Kier alpha value is -2.12. The molecule has 1 unspecified atom stereocenters. The molecule has 0 saturated carbocycles. The highest BCUT2D eigenvalue weighted by Gasteiger charge is 2.18. The van der Waals surface area contributed by atoms with Crippen LogP contribution >= 0.6 is 11.6 Å². The first kappa shape index (κ1) is 15.9. The molecule has 1 atom stereocenters. The topological polar surface area (TPSA) is 122 Å². The van der Waals surface area contributed by atoms with E-state index < -0.39 is 30.2 Å². The molecule has 5 N–H and O–H groups in total. The molecule has 0 aliphatic heterocycles. The van der Waals surface area contributed by atoms with E-state index in [9.17, 15) is 14.4 Å². The highest BCUT2D eigenvalue weighted by molar-refractivity contribution is 6.34. The molecule has 0 fully saturated rings. The van der Waals surface area contributed by atoms with Gasteiger partial charge < -0.3 is 21.5 Å². The van der Waals surface area contributed by atoms with Gasteiger partial charge in [-0.2, -0.15) is 0 Å². The SMILES string of the molecule is CNC(=O)c1cc(NC(=O)C(N)CC(=O)O)ccc1Cl. The number of halogens is 1. The van der Waals surface area contributed by atoms with Gasteiger partial charge in [0.25, 0.3) is 5.91 Å². The summed E-state index contributed by atoms with van der Waals surface area (Å²) in [4.78, 5) is 33.7. The predicted octanol–water partition coefficient (Wildman–Crippen LogP) is 0.440. The van der Waals surface area contributed by atoms with E-state index in [1.54, 1.807) is 0 Å². The zero-order valence-corrected chi connectivity index (χ0v) is 11.4. The summed E-state index contributed by atoms with van der Waals surface area (Å²) in [6.45, 7) is 0. The second-order valence-corrected chi connectivity index (χ2v) is 4.37. The molecule has 0 radical (unpaired) electrons. The number of carboxylic acid groups (broad SMARTS) is 1. The van der Waals surface area contributed by atoms with Crippen molar-refractivity contribution >= 4 is 35.1 Å². The summed E-state index contributed by atoms with van der Waals surface area (Å²) in [6.07, 6.45) is -0.484. The maximum atomic E-state index is 11.7. The van der Waals surface area contributed by atoms with Crippen LogP contribution in [0.25, 0.3) is 0 Å². The van der Waals surface area contributed by atoms with E-state index in [2.05, 4.69) is 10.6 Å².